The highest BCUT2D eigenvalue weighted by Gasteiger charge is 2.27. The lowest BCUT2D eigenvalue weighted by Gasteiger charge is -2.34. The van der Waals surface area contributed by atoms with Gasteiger partial charge in [0.2, 0.25) is 0 Å². The molecule has 2 heterocycles. The Morgan fingerprint density at radius 1 is 1.24 bits per heavy atom. The number of nitrogens with zero attached hydrogens (tertiary/aromatic N) is 3. The number of amides is 2. The Kier molecular flexibility index (Phi) is 6.02. The molecule has 5 nitrogen and oxygen atoms in total. The molecule has 0 aromatic carbocycles. The number of urea groups is 1. The van der Waals surface area contributed by atoms with E-state index in [9.17, 15) is 4.79 Å². The summed E-state index contributed by atoms with van der Waals surface area (Å²) in [6.45, 7) is 8.31. The van der Waals surface area contributed by atoms with Gasteiger partial charge in [-0.25, -0.2) is 9.78 Å². The minimum Gasteiger partial charge on any atom is -0.335 e. The third-order valence-electron chi connectivity index (χ3n) is 5.79. The van der Waals surface area contributed by atoms with Crippen LogP contribution in [0.3, 0.4) is 0 Å². The predicted octanol–water partition coefficient (Wildman–Crippen LogP) is 4.07. The summed E-state index contributed by atoms with van der Waals surface area (Å²) in [5, 5.41) is 3.27. The average Bonchev–Trinajstić information content (AvgIpc) is 2.96. The molecule has 1 N–H and O–H groups in total. The highest BCUT2D eigenvalue weighted by Crippen LogP contribution is 2.23. The van der Waals surface area contributed by atoms with Crippen LogP contribution in [0, 0.1) is 12.8 Å². The van der Waals surface area contributed by atoms with Crippen molar-refractivity contribution in [1.29, 1.82) is 0 Å². The van der Waals surface area contributed by atoms with Gasteiger partial charge in [0.15, 0.2) is 0 Å². The Balaban J connectivity index is 1.56. The van der Waals surface area contributed by atoms with E-state index in [4.69, 9.17) is 0 Å². The van der Waals surface area contributed by atoms with Crippen LogP contribution in [0.2, 0.25) is 0 Å². The van der Waals surface area contributed by atoms with Gasteiger partial charge < -0.3 is 14.8 Å². The van der Waals surface area contributed by atoms with Gasteiger partial charge in [-0.2, -0.15) is 0 Å². The van der Waals surface area contributed by atoms with Crippen molar-refractivity contribution in [3.8, 4) is 0 Å². The summed E-state index contributed by atoms with van der Waals surface area (Å²) in [5.41, 5.74) is 1.23. The number of rotatable bonds is 4. The predicted molar refractivity (Wildman–Crippen MR) is 101 cm³/mol. The third kappa shape index (κ3) is 4.56. The molecular weight excluding hydrogens is 312 g/mol. The monoisotopic (exact) mass is 346 g/mol. The Morgan fingerprint density at radius 2 is 2.00 bits per heavy atom. The molecule has 140 valence electrons. The van der Waals surface area contributed by atoms with Crippen LogP contribution in [0.4, 0.5) is 4.79 Å². The number of carbonyl (C=O) groups is 1. The van der Waals surface area contributed by atoms with Crippen LogP contribution in [0.25, 0.3) is 0 Å². The molecule has 1 atom stereocenters. The van der Waals surface area contributed by atoms with Gasteiger partial charge in [-0.05, 0) is 52.4 Å². The zero-order chi connectivity index (χ0) is 17.8. The van der Waals surface area contributed by atoms with E-state index in [1.165, 1.54) is 37.2 Å². The number of aromatic nitrogens is 2. The third-order valence-corrected chi connectivity index (χ3v) is 5.79. The quantitative estimate of drug-likeness (QED) is 0.893. The number of imidazole rings is 1. The van der Waals surface area contributed by atoms with E-state index in [0.29, 0.717) is 18.0 Å². The Hall–Kier alpha value is -1.52. The van der Waals surface area contributed by atoms with Crippen molar-refractivity contribution >= 4 is 6.03 Å². The van der Waals surface area contributed by atoms with Crippen molar-refractivity contribution in [2.45, 2.75) is 84.2 Å². The van der Waals surface area contributed by atoms with Crippen molar-refractivity contribution in [1.82, 2.24) is 19.8 Å². The standard InChI is InChI=1S/C20H34N4O/c1-15(2)24-16(3)13-21-19(24)12-17-8-7-11-23(14-17)20(25)22-18-9-5-4-6-10-18/h13,15,17-18H,4-12,14H2,1-3H3,(H,22,25). The van der Waals surface area contributed by atoms with Gasteiger partial charge in [0.25, 0.3) is 0 Å². The lowest BCUT2D eigenvalue weighted by molar-refractivity contribution is 0.158. The second-order valence-corrected chi connectivity index (χ2v) is 8.22. The Morgan fingerprint density at radius 3 is 2.72 bits per heavy atom. The van der Waals surface area contributed by atoms with Gasteiger partial charge in [0.05, 0.1) is 0 Å². The van der Waals surface area contributed by atoms with E-state index in [0.717, 1.165) is 38.8 Å². The molecule has 1 aliphatic carbocycles. The van der Waals surface area contributed by atoms with E-state index >= 15 is 0 Å². The summed E-state index contributed by atoms with van der Waals surface area (Å²) in [5.74, 6) is 1.69. The molecule has 2 amide bonds. The van der Waals surface area contributed by atoms with Crippen LogP contribution >= 0.6 is 0 Å². The number of likely N-dealkylation sites (tertiary alicyclic amines) is 1. The number of piperidine rings is 1. The van der Waals surface area contributed by atoms with Crippen LogP contribution in [0.1, 0.15) is 76.4 Å². The number of hydrogen-bond acceptors (Lipinski definition) is 2. The molecule has 25 heavy (non-hydrogen) atoms. The molecule has 3 rings (SSSR count). The Bertz CT molecular complexity index is 574. The van der Waals surface area contributed by atoms with Gasteiger partial charge in [0.1, 0.15) is 5.82 Å². The number of nitrogens with one attached hydrogen (secondary N) is 1. The summed E-state index contributed by atoms with van der Waals surface area (Å²) in [6.07, 6.45) is 11.4. The van der Waals surface area contributed by atoms with Crippen molar-refractivity contribution < 1.29 is 4.79 Å². The molecule has 0 spiro atoms. The van der Waals surface area contributed by atoms with Crippen molar-refractivity contribution in [2.24, 2.45) is 5.92 Å². The van der Waals surface area contributed by atoms with Gasteiger partial charge in [-0.3, -0.25) is 0 Å². The highest BCUT2D eigenvalue weighted by molar-refractivity contribution is 5.74. The first-order valence-corrected chi connectivity index (χ1v) is 10.1. The maximum absolute atomic E-state index is 12.6. The molecule has 1 aromatic rings. The fourth-order valence-electron chi connectivity index (χ4n) is 4.54. The largest absolute Gasteiger partial charge is 0.335 e. The lowest BCUT2D eigenvalue weighted by Crippen LogP contribution is -2.49. The topological polar surface area (TPSA) is 50.2 Å². The molecule has 2 fully saturated rings. The summed E-state index contributed by atoms with van der Waals surface area (Å²) < 4.78 is 2.33. The second kappa shape index (κ2) is 8.24. The number of carbonyl (C=O) groups excluding carboxylic acids is 1. The highest BCUT2D eigenvalue weighted by atomic mass is 16.2. The SMILES string of the molecule is Cc1cnc(CC2CCCN(C(=O)NC3CCCCC3)C2)n1C(C)C. The first-order chi connectivity index (χ1) is 12.0. The molecule has 2 aliphatic rings. The van der Waals surface area contributed by atoms with Crippen LogP contribution in [0.15, 0.2) is 6.20 Å². The summed E-state index contributed by atoms with van der Waals surface area (Å²) in [4.78, 5) is 19.3. The Labute approximate surface area is 152 Å². The number of aryl methyl sites for hydroxylation is 1. The van der Waals surface area contributed by atoms with E-state index in [1.807, 2.05) is 11.1 Å². The lowest BCUT2D eigenvalue weighted by atomic mass is 9.94. The maximum atomic E-state index is 12.6. The van der Waals surface area contributed by atoms with E-state index in [1.54, 1.807) is 0 Å². The minimum absolute atomic E-state index is 0.153. The van der Waals surface area contributed by atoms with E-state index in [2.05, 4.69) is 35.6 Å². The van der Waals surface area contributed by atoms with Crippen LogP contribution in [0.5, 0.6) is 0 Å². The smallest absolute Gasteiger partial charge is 0.317 e. The normalized spacial score (nSPS) is 22.4. The second-order valence-electron chi connectivity index (χ2n) is 8.22. The van der Waals surface area contributed by atoms with Crippen LogP contribution in [-0.2, 0) is 6.42 Å². The number of hydrogen-bond donors (Lipinski definition) is 1. The first-order valence-electron chi connectivity index (χ1n) is 10.1. The summed E-state index contributed by atoms with van der Waals surface area (Å²) in [6, 6.07) is 0.982. The van der Waals surface area contributed by atoms with Crippen molar-refractivity contribution in [2.75, 3.05) is 13.1 Å². The van der Waals surface area contributed by atoms with Crippen LogP contribution in [-0.4, -0.2) is 39.6 Å². The summed E-state index contributed by atoms with van der Waals surface area (Å²) in [7, 11) is 0. The zero-order valence-corrected chi connectivity index (χ0v) is 16.1. The molecule has 1 aliphatic heterocycles. The van der Waals surface area contributed by atoms with Gasteiger partial charge in [-0.15, -0.1) is 0 Å². The van der Waals surface area contributed by atoms with Crippen LogP contribution < -0.4 is 5.32 Å². The average molecular weight is 347 g/mol. The molecule has 1 unspecified atom stereocenters. The van der Waals surface area contributed by atoms with Crippen molar-refractivity contribution in [3.63, 3.8) is 0 Å². The zero-order valence-electron chi connectivity index (χ0n) is 16.1. The van der Waals surface area contributed by atoms with Gasteiger partial charge >= 0.3 is 6.03 Å². The molecule has 0 radical (unpaired) electrons. The molecule has 0 bridgehead atoms. The van der Waals surface area contributed by atoms with E-state index < -0.39 is 0 Å². The van der Waals surface area contributed by atoms with Gasteiger partial charge in [-0.1, -0.05) is 19.3 Å². The minimum atomic E-state index is 0.153. The van der Waals surface area contributed by atoms with Crippen molar-refractivity contribution in [3.05, 3.63) is 17.7 Å². The molecular formula is C20H34N4O. The molecule has 5 heteroatoms. The summed E-state index contributed by atoms with van der Waals surface area (Å²) >= 11 is 0. The molecule has 1 aromatic heterocycles. The van der Waals surface area contributed by atoms with E-state index in [-0.39, 0.29) is 6.03 Å². The fraction of sp³-hybridized carbons (Fsp3) is 0.800. The fourth-order valence-corrected chi connectivity index (χ4v) is 4.54. The maximum Gasteiger partial charge on any atom is 0.317 e. The molecule has 1 saturated carbocycles. The first kappa shape index (κ1) is 18.3. The van der Waals surface area contributed by atoms with Gasteiger partial charge in [0, 0.05) is 43.5 Å². The molecule has 1 saturated heterocycles.